The summed E-state index contributed by atoms with van der Waals surface area (Å²) in [6.07, 6.45) is -12.4. The van der Waals surface area contributed by atoms with Crippen LogP contribution in [0.25, 0.3) is 11.2 Å². The highest BCUT2D eigenvalue weighted by Crippen LogP contribution is 2.62. The summed E-state index contributed by atoms with van der Waals surface area (Å²) < 4.78 is 44.7. The number of aldehydes is 1. The van der Waals surface area contributed by atoms with E-state index in [-0.39, 0.29) is 17.5 Å². The summed E-state index contributed by atoms with van der Waals surface area (Å²) >= 11 is 0. The lowest BCUT2D eigenvalue weighted by Crippen LogP contribution is -2.44. The van der Waals surface area contributed by atoms with E-state index in [0.29, 0.717) is 0 Å². The average Bonchev–Trinajstić information content (AvgIpc) is 3.37. The molecule has 0 radical (unpaired) electrons. The monoisotopic (exact) mass is 574 g/mol. The molecule has 0 bridgehead atoms. The van der Waals surface area contributed by atoms with Gasteiger partial charge in [-0.3, -0.25) is 13.6 Å². The minimum Gasteiger partial charge on any atom is -0.492 e. The summed E-state index contributed by atoms with van der Waals surface area (Å²) in [5.74, 6) is -0.466. The number of imidazole rings is 1. The Labute approximate surface area is 206 Å². The van der Waals surface area contributed by atoms with E-state index in [1.54, 1.807) is 0 Å². The standard InChI is InChI=1S/C16H24N4O15P2/c1-6(10(23)11(24)7(22)2-21)34-37(31,35-36(28,29)30)32-3-8-12(25)13(26)16(33-8)20-5-19-9-14(20)17-4-18-15(9)27/h2,4-8,10-13,16,22-26H,3H2,1H3,(H,17,18,27)(H2,28,29,30)/t6-,7+,8-,10+,11-,12-,13-,16-,37?/m1/s1. The van der Waals surface area contributed by atoms with Crippen LogP contribution < -0.4 is 0 Å². The zero-order chi connectivity index (χ0) is 27.7. The minimum absolute atomic E-state index is 0.0167. The van der Waals surface area contributed by atoms with Gasteiger partial charge in [0, 0.05) is 0 Å². The molecule has 0 saturated carbocycles. The largest absolute Gasteiger partial charge is 0.492 e. The predicted molar refractivity (Wildman–Crippen MR) is 114 cm³/mol. The Morgan fingerprint density at radius 2 is 1.81 bits per heavy atom. The van der Waals surface area contributed by atoms with E-state index in [9.17, 15) is 44.6 Å². The van der Waals surface area contributed by atoms with Crippen molar-refractivity contribution >= 4 is 33.1 Å². The first kappa shape index (κ1) is 29.6. The molecule has 1 aliphatic heterocycles. The van der Waals surface area contributed by atoms with Crippen molar-refractivity contribution < 1.29 is 72.4 Å². The first-order chi connectivity index (χ1) is 17.2. The fourth-order valence-electron chi connectivity index (χ4n) is 3.32. The molecular formula is C16H24N4O15P2. The van der Waals surface area contributed by atoms with Crippen molar-refractivity contribution in [3.05, 3.63) is 12.7 Å². The number of rotatable bonds is 12. The van der Waals surface area contributed by atoms with Crippen LogP contribution in [0, 0.1) is 0 Å². The fraction of sp³-hybridized carbons (Fsp3) is 0.625. The van der Waals surface area contributed by atoms with Gasteiger partial charge in [-0.25, -0.2) is 19.1 Å². The van der Waals surface area contributed by atoms with Gasteiger partial charge in [0.25, 0.3) is 0 Å². The van der Waals surface area contributed by atoms with Gasteiger partial charge in [-0.05, 0) is 6.92 Å². The molecule has 0 spiro atoms. The molecule has 1 saturated heterocycles. The van der Waals surface area contributed by atoms with Crippen molar-refractivity contribution in [2.24, 2.45) is 0 Å². The van der Waals surface area contributed by atoms with Crippen molar-refractivity contribution in [3.8, 4) is 5.88 Å². The first-order valence-electron chi connectivity index (χ1n) is 10.2. The van der Waals surface area contributed by atoms with Crippen LogP contribution in [0.4, 0.5) is 0 Å². The second kappa shape index (κ2) is 11.4. The van der Waals surface area contributed by atoms with Gasteiger partial charge in [0.1, 0.15) is 43.0 Å². The van der Waals surface area contributed by atoms with Crippen LogP contribution in [0.1, 0.15) is 13.2 Å². The van der Waals surface area contributed by atoms with Gasteiger partial charge in [0.15, 0.2) is 23.7 Å². The van der Waals surface area contributed by atoms with Crippen molar-refractivity contribution in [1.29, 1.82) is 0 Å². The summed E-state index contributed by atoms with van der Waals surface area (Å²) in [5, 5.41) is 59.6. The molecule has 37 heavy (non-hydrogen) atoms. The molecule has 9 atom stereocenters. The molecule has 2 aromatic heterocycles. The molecule has 208 valence electrons. The van der Waals surface area contributed by atoms with Crippen LogP contribution in [0.2, 0.25) is 0 Å². The highest BCUT2D eigenvalue weighted by molar-refractivity contribution is 7.61. The van der Waals surface area contributed by atoms with E-state index in [4.69, 9.17) is 23.6 Å². The van der Waals surface area contributed by atoms with Gasteiger partial charge >= 0.3 is 15.6 Å². The van der Waals surface area contributed by atoms with Crippen LogP contribution in [0.3, 0.4) is 0 Å². The molecule has 0 aliphatic carbocycles. The third-order valence-electron chi connectivity index (χ3n) is 5.17. The van der Waals surface area contributed by atoms with Crippen LogP contribution in [-0.2, 0) is 32.0 Å². The van der Waals surface area contributed by atoms with E-state index in [1.807, 2.05) is 0 Å². The Morgan fingerprint density at radius 1 is 1.14 bits per heavy atom. The molecule has 3 heterocycles. The SMILES string of the molecule is C[C@@H](OP(=O)(OC[C@H]1O[C@@H](n2cnc3c(O)ncnc32)[C@H](O)[C@@H]1O)OP(=O)(O)O)[C@H](O)[C@H](O)[C@@H](O)C=O. The predicted octanol–water partition coefficient (Wildman–Crippen LogP) is -2.93. The van der Waals surface area contributed by atoms with Crippen molar-refractivity contribution in [1.82, 2.24) is 19.5 Å². The van der Waals surface area contributed by atoms with Gasteiger partial charge in [0.05, 0.1) is 19.0 Å². The first-order valence-corrected chi connectivity index (χ1v) is 13.2. The topological polar surface area (TPSA) is 294 Å². The Kier molecular flexibility index (Phi) is 9.14. The second-order valence-corrected chi connectivity index (χ2v) is 10.8. The van der Waals surface area contributed by atoms with Gasteiger partial charge in [0.2, 0.25) is 5.88 Å². The molecule has 8 N–H and O–H groups in total. The maximum Gasteiger partial charge on any atom is 0.484 e. The molecule has 21 heteroatoms. The quantitative estimate of drug-likeness (QED) is 0.0929. The number of ether oxygens (including phenoxy) is 1. The number of nitrogens with zero attached hydrogens (tertiary/aromatic N) is 4. The van der Waals surface area contributed by atoms with Crippen LogP contribution in [0.15, 0.2) is 12.7 Å². The summed E-state index contributed by atoms with van der Waals surface area (Å²) in [7, 11) is -10.9. The number of hydrogen-bond donors (Lipinski definition) is 8. The highest BCUT2D eigenvalue weighted by Gasteiger charge is 2.47. The lowest BCUT2D eigenvalue weighted by molar-refractivity contribution is -0.132. The zero-order valence-electron chi connectivity index (χ0n) is 18.7. The maximum atomic E-state index is 12.9. The van der Waals surface area contributed by atoms with Gasteiger partial charge in [-0.2, -0.15) is 9.29 Å². The molecule has 19 nitrogen and oxygen atoms in total. The van der Waals surface area contributed by atoms with Crippen LogP contribution in [-0.4, -0.2) is 116 Å². The van der Waals surface area contributed by atoms with Crippen LogP contribution >= 0.6 is 15.6 Å². The number of phosphoric ester groups is 1. The molecule has 1 aliphatic rings. The fourth-order valence-corrected chi connectivity index (χ4v) is 5.62. The number of aliphatic hydroxyl groups excluding tert-OH is 5. The summed E-state index contributed by atoms with van der Waals surface area (Å²) in [6, 6.07) is 0. The van der Waals surface area contributed by atoms with E-state index in [1.165, 1.54) is 0 Å². The third-order valence-corrected chi connectivity index (χ3v) is 7.88. The van der Waals surface area contributed by atoms with Crippen LogP contribution in [0.5, 0.6) is 5.88 Å². The number of aromatic hydroxyl groups is 1. The number of hydrogen-bond acceptors (Lipinski definition) is 16. The lowest BCUT2D eigenvalue weighted by atomic mass is 10.1. The van der Waals surface area contributed by atoms with E-state index in [0.717, 1.165) is 24.1 Å². The van der Waals surface area contributed by atoms with Crippen molar-refractivity contribution in [2.75, 3.05) is 6.61 Å². The van der Waals surface area contributed by atoms with Crippen molar-refractivity contribution in [2.45, 2.75) is 55.9 Å². The van der Waals surface area contributed by atoms with E-state index >= 15 is 0 Å². The Bertz CT molecular complexity index is 1190. The summed E-state index contributed by atoms with van der Waals surface area (Å²) in [4.78, 5) is 40.2. The van der Waals surface area contributed by atoms with E-state index in [2.05, 4.69) is 19.3 Å². The number of carbonyl (C=O) groups is 1. The van der Waals surface area contributed by atoms with Gasteiger partial charge in [-0.1, -0.05) is 0 Å². The smallest absolute Gasteiger partial charge is 0.484 e. The number of aromatic nitrogens is 4. The molecular weight excluding hydrogens is 550 g/mol. The zero-order valence-corrected chi connectivity index (χ0v) is 20.5. The average molecular weight is 574 g/mol. The number of carbonyl (C=O) groups excluding carboxylic acids is 1. The molecule has 1 unspecified atom stereocenters. The summed E-state index contributed by atoms with van der Waals surface area (Å²) in [5.41, 5.74) is -0.0297. The molecule has 1 fully saturated rings. The summed E-state index contributed by atoms with van der Waals surface area (Å²) in [6.45, 7) is -0.00617. The lowest BCUT2D eigenvalue weighted by Gasteiger charge is -2.28. The normalized spacial score (nSPS) is 27.5. The van der Waals surface area contributed by atoms with Gasteiger partial charge < -0.3 is 50.0 Å². The second-order valence-electron chi connectivity index (χ2n) is 7.80. The highest BCUT2D eigenvalue weighted by atomic mass is 31.3. The number of phosphoric acid groups is 2. The van der Waals surface area contributed by atoms with E-state index < -0.39 is 77.1 Å². The molecule has 3 rings (SSSR count). The Hall–Kier alpha value is -1.96. The number of fused-ring (bicyclic) bond motifs is 1. The molecule has 0 amide bonds. The minimum atomic E-state index is -5.56. The van der Waals surface area contributed by atoms with Gasteiger partial charge in [-0.15, -0.1) is 0 Å². The maximum absolute atomic E-state index is 12.9. The molecule has 0 aromatic carbocycles. The van der Waals surface area contributed by atoms with Crippen molar-refractivity contribution in [3.63, 3.8) is 0 Å². The Balaban J connectivity index is 1.75. The Morgan fingerprint density at radius 3 is 2.43 bits per heavy atom. The third kappa shape index (κ3) is 6.73. The number of aliphatic hydroxyl groups is 5. The molecule has 2 aromatic rings.